The highest BCUT2D eigenvalue weighted by atomic mass is 19.1. The van der Waals surface area contributed by atoms with Gasteiger partial charge in [-0.2, -0.15) is 5.26 Å². The molecule has 0 atom stereocenters. The number of halogens is 1. The van der Waals surface area contributed by atoms with Gasteiger partial charge in [0.15, 0.2) is 11.4 Å². The van der Waals surface area contributed by atoms with Crippen molar-refractivity contribution in [3.63, 3.8) is 0 Å². The fourth-order valence-electron chi connectivity index (χ4n) is 3.23. The van der Waals surface area contributed by atoms with Gasteiger partial charge in [-0.15, -0.1) is 0 Å². The van der Waals surface area contributed by atoms with Crippen LogP contribution in [0.2, 0.25) is 0 Å². The molecule has 2 heterocycles. The first-order valence-electron chi connectivity index (χ1n) is 8.11. The van der Waals surface area contributed by atoms with E-state index in [1.54, 1.807) is 12.3 Å². The molecule has 0 amide bonds. The monoisotopic (exact) mass is 330 g/mol. The maximum Gasteiger partial charge on any atom is 0.184 e. The summed E-state index contributed by atoms with van der Waals surface area (Å²) in [5.74, 6) is -0.363. The summed E-state index contributed by atoms with van der Waals surface area (Å²) in [5.41, 5.74) is 3.37. The summed E-state index contributed by atoms with van der Waals surface area (Å²) < 4.78 is 20.6. The second-order valence-electron chi connectivity index (χ2n) is 6.29. The van der Waals surface area contributed by atoms with Gasteiger partial charge in [-0.05, 0) is 41.8 Å². The van der Waals surface area contributed by atoms with Crippen molar-refractivity contribution in [3.05, 3.63) is 65.6 Å². The van der Waals surface area contributed by atoms with Crippen LogP contribution >= 0.6 is 0 Å². The van der Waals surface area contributed by atoms with Gasteiger partial charge in [-0.3, -0.25) is 4.98 Å². The number of pyridine rings is 1. The van der Waals surface area contributed by atoms with Crippen LogP contribution in [0, 0.1) is 17.1 Å². The molecule has 4 heteroatoms. The van der Waals surface area contributed by atoms with E-state index in [9.17, 15) is 4.39 Å². The summed E-state index contributed by atoms with van der Waals surface area (Å²) >= 11 is 0. The van der Waals surface area contributed by atoms with Gasteiger partial charge in [0.2, 0.25) is 0 Å². The Balaban J connectivity index is 2.18. The maximum atomic E-state index is 14.6. The molecule has 0 N–H and O–H groups in total. The normalized spacial score (nSPS) is 11.3. The number of hydrogen-bond acceptors (Lipinski definition) is 3. The smallest absolute Gasteiger partial charge is 0.184 e. The van der Waals surface area contributed by atoms with E-state index in [-0.39, 0.29) is 17.1 Å². The highest BCUT2D eigenvalue weighted by molar-refractivity contribution is 6.11. The molecule has 4 aromatic rings. The van der Waals surface area contributed by atoms with Crippen LogP contribution in [-0.4, -0.2) is 4.98 Å². The number of hydrogen-bond donors (Lipinski definition) is 0. The molecule has 0 saturated heterocycles. The first-order chi connectivity index (χ1) is 12.1. The molecule has 25 heavy (non-hydrogen) atoms. The molecule has 4 rings (SSSR count). The Kier molecular flexibility index (Phi) is 3.51. The predicted molar refractivity (Wildman–Crippen MR) is 95.7 cm³/mol. The zero-order valence-electron chi connectivity index (χ0n) is 13.9. The minimum absolute atomic E-state index is 0.0166. The lowest BCUT2D eigenvalue weighted by atomic mass is 9.94. The molecule has 3 nitrogen and oxygen atoms in total. The fourth-order valence-corrected chi connectivity index (χ4v) is 3.23. The highest BCUT2D eigenvalue weighted by Crippen LogP contribution is 2.40. The van der Waals surface area contributed by atoms with Crippen molar-refractivity contribution in [2.75, 3.05) is 0 Å². The third-order valence-electron chi connectivity index (χ3n) is 4.44. The SMILES string of the molecule is CC(C)c1ccc(-c2ccccn2)c2oc3c(F)c(C#N)ccc3c12. The number of benzene rings is 2. The Labute approximate surface area is 144 Å². The average Bonchev–Trinajstić information content (AvgIpc) is 3.02. The number of nitriles is 1. The average molecular weight is 330 g/mol. The standard InChI is InChI=1S/C21H15FN2O/c1-12(2)14-8-9-15(17-5-3-4-10-24-17)20-18(14)16-7-6-13(11-23)19(22)21(16)25-20/h3-10,12H,1-2H3. The molecule has 0 bridgehead atoms. The van der Waals surface area contributed by atoms with Crippen LogP contribution in [0.4, 0.5) is 4.39 Å². The van der Waals surface area contributed by atoms with Crippen molar-refractivity contribution in [3.8, 4) is 17.3 Å². The van der Waals surface area contributed by atoms with Gasteiger partial charge < -0.3 is 4.42 Å². The molecule has 0 aliphatic heterocycles. The maximum absolute atomic E-state index is 14.6. The second kappa shape index (κ2) is 5.71. The molecule has 122 valence electrons. The predicted octanol–water partition coefficient (Wildman–Crippen LogP) is 5.78. The summed E-state index contributed by atoms with van der Waals surface area (Å²) in [6.45, 7) is 4.18. The summed E-state index contributed by atoms with van der Waals surface area (Å²) in [4.78, 5) is 4.39. The molecule has 0 spiro atoms. The van der Waals surface area contributed by atoms with Gasteiger partial charge in [0.25, 0.3) is 0 Å². The van der Waals surface area contributed by atoms with E-state index < -0.39 is 5.82 Å². The third kappa shape index (κ3) is 2.28. The van der Waals surface area contributed by atoms with E-state index in [1.807, 2.05) is 36.4 Å². The number of fused-ring (bicyclic) bond motifs is 3. The first-order valence-corrected chi connectivity index (χ1v) is 8.11. The van der Waals surface area contributed by atoms with Gasteiger partial charge in [0, 0.05) is 22.5 Å². The van der Waals surface area contributed by atoms with Crippen LogP contribution in [0.25, 0.3) is 33.2 Å². The van der Waals surface area contributed by atoms with Crippen LogP contribution in [0.15, 0.2) is 53.1 Å². The molecular formula is C21H15FN2O. The highest BCUT2D eigenvalue weighted by Gasteiger charge is 2.21. The van der Waals surface area contributed by atoms with E-state index in [0.717, 1.165) is 22.2 Å². The zero-order chi connectivity index (χ0) is 17.6. The van der Waals surface area contributed by atoms with Gasteiger partial charge in [-0.1, -0.05) is 26.0 Å². The van der Waals surface area contributed by atoms with Crippen LogP contribution in [0.1, 0.15) is 30.9 Å². The largest absolute Gasteiger partial charge is 0.452 e. The van der Waals surface area contributed by atoms with Crippen molar-refractivity contribution in [2.45, 2.75) is 19.8 Å². The lowest BCUT2D eigenvalue weighted by Crippen LogP contribution is -1.91. The quantitative estimate of drug-likeness (QED) is 0.468. The zero-order valence-corrected chi connectivity index (χ0v) is 13.9. The van der Waals surface area contributed by atoms with Crippen molar-refractivity contribution in [1.82, 2.24) is 4.98 Å². The lowest BCUT2D eigenvalue weighted by Gasteiger charge is -2.10. The Morgan fingerprint density at radius 1 is 1.08 bits per heavy atom. The number of rotatable bonds is 2. The Morgan fingerprint density at radius 2 is 1.92 bits per heavy atom. The van der Waals surface area contributed by atoms with Gasteiger partial charge in [-0.25, -0.2) is 4.39 Å². The van der Waals surface area contributed by atoms with Crippen molar-refractivity contribution in [1.29, 1.82) is 5.26 Å². The van der Waals surface area contributed by atoms with E-state index in [2.05, 4.69) is 18.8 Å². The number of furan rings is 1. The van der Waals surface area contributed by atoms with Gasteiger partial charge in [0.05, 0.1) is 11.3 Å². The molecular weight excluding hydrogens is 315 g/mol. The minimum atomic E-state index is -0.613. The molecule has 0 fully saturated rings. The molecule has 0 aliphatic rings. The Bertz CT molecular complexity index is 1140. The van der Waals surface area contributed by atoms with E-state index >= 15 is 0 Å². The van der Waals surface area contributed by atoms with Crippen molar-refractivity contribution in [2.24, 2.45) is 0 Å². The van der Waals surface area contributed by atoms with Crippen LogP contribution in [0.5, 0.6) is 0 Å². The van der Waals surface area contributed by atoms with Crippen molar-refractivity contribution < 1.29 is 8.81 Å². The molecule has 2 aromatic heterocycles. The van der Waals surface area contributed by atoms with E-state index in [1.165, 1.54) is 6.07 Å². The number of aromatic nitrogens is 1. The lowest BCUT2D eigenvalue weighted by molar-refractivity contribution is 0.582. The summed E-state index contributed by atoms with van der Waals surface area (Å²) in [6, 6.07) is 14.8. The van der Waals surface area contributed by atoms with E-state index in [4.69, 9.17) is 9.68 Å². The molecule has 0 aliphatic carbocycles. The topological polar surface area (TPSA) is 49.8 Å². The van der Waals surface area contributed by atoms with Gasteiger partial charge >= 0.3 is 0 Å². The fraction of sp³-hybridized carbons (Fsp3) is 0.143. The molecule has 0 unspecified atom stereocenters. The van der Waals surface area contributed by atoms with Gasteiger partial charge in [0.1, 0.15) is 11.7 Å². The molecule has 0 saturated carbocycles. The third-order valence-corrected chi connectivity index (χ3v) is 4.44. The summed E-state index contributed by atoms with van der Waals surface area (Å²) in [6.07, 6.45) is 1.72. The number of nitrogens with zero attached hydrogens (tertiary/aromatic N) is 2. The first kappa shape index (κ1) is 15.3. The molecule has 0 radical (unpaired) electrons. The second-order valence-corrected chi connectivity index (χ2v) is 6.29. The minimum Gasteiger partial charge on any atom is -0.452 e. The van der Waals surface area contributed by atoms with E-state index in [0.29, 0.717) is 11.0 Å². The molecule has 2 aromatic carbocycles. The summed E-state index contributed by atoms with van der Waals surface area (Å²) in [5, 5.41) is 10.7. The van der Waals surface area contributed by atoms with Crippen LogP contribution in [0.3, 0.4) is 0 Å². The van der Waals surface area contributed by atoms with Crippen LogP contribution < -0.4 is 0 Å². The summed E-state index contributed by atoms with van der Waals surface area (Å²) in [7, 11) is 0. The van der Waals surface area contributed by atoms with Crippen LogP contribution in [-0.2, 0) is 0 Å². The Morgan fingerprint density at radius 3 is 2.60 bits per heavy atom. The van der Waals surface area contributed by atoms with Crippen molar-refractivity contribution >= 4 is 21.9 Å². The Hall–Kier alpha value is -3.19.